The minimum Gasteiger partial charge on any atom is -0.465 e. The molecule has 0 bridgehead atoms. The highest BCUT2D eigenvalue weighted by Crippen LogP contribution is 2.14. The monoisotopic (exact) mass is 366 g/mol. The first-order chi connectivity index (χ1) is 13.0. The predicted molar refractivity (Wildman–Crippen MR) is 97.4 cm³/mol. The number of nitrogens with one attached hydrogen (secondary N) is 2. The van der Waals surface area contributed by atoms with Crippen LogP contribution in [0, 0.1) is 5.82 Å². The number of nitrogens with zero attached hydrogens (tertiary/aromatic N) is 2. The molecule has 1 amide bonds. The van der Waals surface area contributed by atoms with Crippen molar-refractivity contribution in [1.82, 2.24) is 9.97 Å². The smallest absolute Gasteiger partial charge is 0.337 e. The van der Waals surface area contributed by atoms with E-state index in [0.29, 0.717) is 16.9 Å². The minimum atomic E-state index is -0.453. The van der Waals surface area contributed by atoms with E-state index in [1.807, 2.05) is 0 Å². The molecule has 1 heterocycles. The fourth-order valence-corrected chi connectivity index (χ4v) is 2.18. The highest BCUT2D eigenvalue weighted by Gasteiger charge is 2.09. The molecule has 0 aliphatic heterocycles. The molecule has 3 aromatic rings. The normalized spacial score (nSPS) is 10.1. The number of rotatable bonds is 5. The zero-order valence-corrected chi connectivity index (χ0v) is 14.3. The van der Waals surface area contributed by atoms with Crippen LogP contribution in [0.2, 0.25) is 0 Å². The lowest BCUT2D eigenvalue weighted by atomic mass is 10.2. The van der Waals surface area contributed by atoms with Gasteiger partial charge >= 0.3 is 5.97 Å². The van der Waals surface area contributed by atoms with Gasteiger partial charge in [0.05, 0.1) is 18.2 Å². The van der Waals surface area contributed by atoms with Gasteiger partial charge in [-0.2, -0.15) is 0 Å². The van der Waals surface area contributed by atoms with Crippen molar-refractivity contribution in [2.75, 3.05) is 17.7 Å². The quantitative estimate of drug-likeness (QED) is 0.672. The summed E-state index contributed by atoms with van der Waals surface area (Å²) in [5.41, 5.74) is 1.78. The van der Waals surface area contributed by atoms with Crippen molar-refractivity contribution < 1.29 is 18.7 Å². The predicted octanol–water partition coefficient (Wildman–Crippen LogP) is 3.40. The summed E-state index contributed by atoms with van der Waals surface area (Å²) in [6.07, 6.45) is 2.74. The summed E-state index contributed by atoms with van der Waals surface area (Å²) in [5, 5.41) is 5.59. The van der Waals surface area contributed by atoms with E-state index >= 15 is 0 Å². The largest absolute Gasteiger partial charge is 0.465 e. The van der Waals surface area contributed by atoms with Crippen LogP contribution in [-0.4, -0.2) is 29.0 Å². The Balaban J connectivity index is 1.63. The van der Waals surface area contributed by atoms with Gasteiger partial charge in [-0.25, -0.2) is 19.2 Å². The standard InChI is InChI=1S/C19H15FN4O3/c1-27-18(26)12-2-6-15(7-3-12)23-17(25)13-10-21-19(22-11-13)24-16-8-4-14(20)5-9-16/h2-11H,1H3,(H,23,25)(H,21,22,24). The number of aromatic nitrogens is 2. The SMILES string of the molecule is COC(=O)c1ccc(NC(=O)c2cnc(Nc3ccc(F)cc3)nc2)cc1. The van der Waals surface area contributed by atoms with Crippen molar-refractivity contribution in [1.29, 1.82) is 0 Å². The number of amides is 1. The number of ether oxygens (including phenoxy) is 1. The highest BCUT2D eigenvalue weighted by molar-refractivity contribution is 6.04. The number of hydrogen-bond acceptors (Lipinski definition) is 6. The second-order valence-corrected chi connectivity index (χ2v) is 5.45. The Morgan fingerprint density at radius 3 is 2.07 bits per heavy atom. The molecule has 136 valence electrons. The second kappa shape index (κ2) is 8.05. The van der Waals surface area contributed by atoms with E-state index in [0.717, 1.165) is 0 Å². The number of esters is 1. The summed E-state index contributed by atoms with van der Waals surface area (Å²) in [7, 11) is 1.30. The fraction of sp³-hybridized carbons (Fsp3) is 0.0526. The molecule has 2 N–H and O–H groups in total. The van der Waals surface area contributed by atoms with Gasteiger partial charge < -0.3 is 15.4 Å². The van der Waals surface area contributed by atoms with E-state index < -0.39 is 11.9 Å². The van der Waals surface area contributed by atoms with Crippen molar-refractivity contribution >= 4 is 29.2 Å². The van der Waals surface area contributed by atoms with E-state index in [1.165, 1.54) is 31.6 Å². The van der Waals surface area contributed by atoms with Crippen LogP contribution in [0.15, 0.2) is 60.9 Å². The van der Waals surface area contributed by atoms with E-state index in [2.05, 4.69) is 25.3 Å². The molecule has 27 heavy (non-hydrogen) atoms. The average Bonchev–Trinajstić information content (AvgIpc) is 2.70. The number of anilines is 3. The molecule has 1 aromatic heterocycles. The average molecular weight is 366 g/mol. The maximum absolute atomic E-state index is 12.9. The van der Waals surface area contributed by atoms with Crippen molar-refractivity contribution in [3.8, 4) is 0 Å². The molecular weight excluding hydrogens is 351 g/mol. The lowest BCUT2D eigenvalue weighted by Gasteiger charge is -2.07. The van der Waals surface area contributed by atoms with Gasteiger partial charge in [0.25, 0.3) is 5.91 Å². The molecule has 7 nitrogen and oxygen atoms in total. The topological polar surface area (TPSA) is 93.2 Å². The summed E-state index contributed by atoms with van der Waals surface area (Å²) >= 11 is 0. The molecule has 8 heteroatoms. The van der Waals surface area contributed by atoms with Gasteiger partial charge in [0.15, 0.2) is 0 Å². The summed E-state index contributed by atoms with van der Waals surface area (Å²) in [6, 6.07) is 12.0. The van der Waals surface area contributed by atoms with Crippen LogP contribution >= 0.6 is 0 Å². The van der Waals surface area contributed by atoms with E-state index in [9.17, 15) is 14.0 Å². The van der Waals surface area contributed by atoms with Gasteiger partial charge in [0.2, 0.25) is 5.95 Å². The molecule has 0 saturated carbocycles. The molecule has 0 radical (unpaired) electrons. The molecule has 0 spiro atoms. The van der Waals surface area contributed by atoms with Crippen LogP contribution in [-0.2, 0) is 4.74 Å². The van der Waals surface area contributed by atoms with Crippen LogP contribution < -0.4 is 10.6 Å². The van der Waals surface area contributed by atoms with Crippen molar-refractivity contribution in [3.05, 3.63) is 77.9 Å². The number of carbonyl (C=O) groups is 2. The van der Waals surface area contributed by atoms with Gasteiger partial charge in [-0.15, -0.1) is 0 Å². The number of benzene rings is 2. The first-order valence-electron chi connectivity index (χ1n) is 7.89. The van der Waals surface area contributed by atoms with Crippen molar-refractivity contribution in [3.63, 3.8) is 0 Å². The highest BCUT2D eigenvalue weighted by atomic mass is 19.1. The molecule has 3 rings (SSSR count). The Kier molecular flexibility index (Phi) is 5.36. The lowest BCUT2D eigenvalue weighted by Crippen LogP contribution is -2.13. The van der Waals surface area contributed by atoms with Crippen LogP contribution in [0.5, 0.6) is 0 Å². The maximum Gasteiger partial charge on any atom is 0.337 e. The first kappa shape index (κ1) is 18.0. The molecule has 0 aliphatic rings. The van der Waals surface area contributed by atoms with Crippen molar-refractivity contribution in [2.45, 2.75) is 0 Å². The Bertz CT molecular complexity index is 942. The van der Waals surface area contributed by atoms with Gasteiger partial charge in [0.1, 0.15) is 5.82 Å². The molecular formula is C19H15FN4O3. The van der Waals surface area contributed by atoms with Crippen LogP contribution in [0.1, 0.15) is 20.7 Å². The number of halogens is 1. The Hall–Kier alpha value is -3.81. The summed E-state index contributed by atoms with van der Waals surface area (Å²) < 4.78 is 17.5. The lowest BCUT2D eigenvalue weighted by molar-refractivity contribution is 0.0600. The Labute approximate surface area is 154 Å². The maximum atomic E-state index is 12.9. The summed E-state index contributed by atoms with van der Waals surface area (Å²) in [6.45, 7) is 0. The molecule has 0 saturated heterocycles. The second-order valence-electron chi connectivity index (χ2n) is 5.45. The molecule has 0 unspecified atom stereocenters. The zero-order chi connectivity index (χ0) is 19.2. The van der Waals surface area contributed by atoms with Crippen molar-refractivity contribution in [2.24, 2.45) is 0 Å². The van der Waals surface area contributed by atoms with Gasteiger partial charge in [-0.05, 0) is 48.5 Å². The Morgan fingerprint density at radius 2 is 1.48 bits per heavy atom. The van der Waals surface area contributed by atoms with Gasteiger partial charge in [-0.1, -0.05) is 0 Å². The first-order valence-corrected chi connectivity index (χ1v) is 7.89. The van der Waals surface area contributed by atoms with Gasteiger partial charge in [0, 0.05) is 23.8 Å². The van der Waals surface area contributed by atoms with Crippen LogP contribution in [0.3, 0.4) is 0 Å². The van der Waals surface area contributed by atoms with E-state index in [4.69, 9.17) is 0 Å². The zero-order valence-electron chi connectivity index (χ0n) is 14.3. The van der Waals surface area contributed by atoms with E-state index in [-0.39, 0.29) is 17.3 Å². The summed E-state index contributed by atoms with van der Waals surface area (Å²) in [4.78, 5) is 31.8. The Morgan fingerprint density at radius 1 is 0.889 bits per heavy atom. The van der Waals surface area contributed by atoms with Gasteiger partial charge in [-0.3, -0.25) is 4.79 Å². The number of carbonyl (C=O) groups excluding carboxylic acids is 2. The van der Waals surface area contributed by atoms with Crippen LogP contribution in [0.4, 0.5) is 21.7 Å². The molecule has 0 aliphatic carbocycles. The minimum absolute atomic E-state index is 0.261. The summed E-state index contributed by atoms with van der Waals surface area (Å²) in [5.74, 6) is -0.909. The fourth-order valence-electron chi connectivity index (χ4n) is 2.18. The molecule has 2 aromatic carbocycles. The third kappa shape index (κ3) is 4.63. The number of methoxy groups -OCH3 is 1. The molecule has 0 fully saturated rings. The third-order valence-corrected chi connectivity index (χ3v) is 3.58. The molecule has 0 atom stereocenters. The third-order valence-electron chi connectivity index (χ3n) is 3.58. The van der Waals surface area contributed by atoms with Crippen LogP contribution in [0.25, 0.3) is 0 Å². The number of hydrogen-bond donors (Lipinski definition) is 2. The van der Waals surface area contributed by atoms with E-state index in [1.54, 1.807) is 36.4 Å².